The number of likely N-dealkylation sites (tertiary alicyclic amines) is 1. The molecule has 2 N–H and O–H groups in total. The minimum absolute atomic E-state index is 0.0337. The fraction of sp³-hybridized carbons (Fsp3) is 0.484. The second kappa shape index (κ2) is 12.6. The van der Waals surface area contributed by atoms with E-state index in [9.17, 15) is 19.4 Å². The number of aromatic nitrogens is 3. The molecule has 3 aromatic rings. The number of halogens is 2. The molecule has 3 aliphatic heterocycles. The van der Waals surface area contributed by atoms with Gasteiger partial charge in [0.2, 0.25) is 5.95 Å². The first-order valence-electron chi connectivity index (χ1n) is 15.0. The third kappa shape index (κ3) is 5.98. The van der Waals surface area contributed by atoms with Crippen LogP contribution in [0.2, 0.25) is 5.02 Å². The molecule has 6 rings (SSSR count). The van der Waals surface area contributed by atoms with Crippen molar-refractivity contribution < 1.29 is 19.4 Å². The largest absolute Gasteiger partial charge is 0.394 e. The van der Waals surface area contributed by atoms with Crippen LogP contribution in [-0.4, -0.2) is 100 Å². The van der Waals surface area contributed by atoms with Crippen molar-refractivity contribution >= 4 is 35.1 Å². The Kier molecular flexibility index (Phi) is 8.65. The summed E-state index contributed by atoms with van der Waals surface area (Å²) in [5.74, 6) is 1.49. The molecule has 1 aromatic carbocycles. The number of amides is 1. The van der Waals surface area contributed by atoms with E-state index in [1.165, 1.54) is 12.1 Å². The summed E-state index contributed by atoms with van der Waals surface area (Å²) < 4.78 is 13.7. The highest BCUT2D eigenvalue weighted by atomic mass is 35.5. The second-order valence-electron chi connectivity index (χ2n) is 11.6. The van der Waals surface area contributed by atoms with Crippen molar-refractivity contribution in [2.24, 2.45) is 0 Å². The lowest BCUT2D eigenvalue weighted by Gasteiger charge is -2.41. The molecule has 0 spiro atoms. The molecule has 3 unspecified atom stereocenters. The quantitative estimate of drug-likeness (QED) is 0.415. The molecule has 3 fully saturated rings. The van der Waals surface area contributed by atoms with Crippen LogP contribution >= 0.6 is 11.6 Å². The minimum atomic E-state index is -0.307. The van der Waals surface area contributed by atoms with Gasteiger partial charge in [0.1, 0.15) is 17.5 Å². The summed E-state index contributed by atoms with van der Waals surface area (Å²) in [4.78, 5) is 35.6. The molecule has 0 aliphatic carbocycles. The van der Waals surface area contributed by atoms with Gasteiger partial charge in [-0.3, -0.25) is 4.79 Å². The number of benzene rings is 1. The number of hydrogen-bond donors (Lipinski definition) is 2. The van der Waals surface area contributed by atoms with Crippen LogP contribution < -0.4 is 14.7 Å². The normalized spacial score (nSPS) is 22.5. The van der Waals surface area contributed by atoms with Crippen molar-refractivity contribution in [3.8, 4) is 11.3 Å². The van der Waals surface area contributed by atoms with Crippen molar-refractivity contribution in [2.75, 3.05) is 60.6 Å². The van der Waals surface area contributed by atoms with E-state index in [4.69, 9.17) is 21.6 Å². The Balaban J connectivity index is 1.23. The highest BCUT2D eigenvalue weighted by molar-refractivity contribution is 6.33. The smallest absolute Gasteiger partial charge is 0.255 e. The number of anilines is 3. The van der Waals surface area contributed by atoms with E-state index < -0.39 is 0 Å². The summed E-state index contributed by atoms with van der Waals surface area (Å²) in [6, 6.07) is 9.75. The molecular formula is C31H37ClFN7O3. The molecule has 2 aromatic heterocycles. The van der Waals surface area contributed by atoms with Crippen molar-refractivity contribution in [1.82, 2.24) is 19.9 Å². The molecule has 228 valence electrons. The number of hydrogen-bond acceptors (Lipinski definition) is 9. The molecule has 3 aliphatic rings. The number of rotatable bonds is 7. The summed E-state index contributed by atoms with van der Waals surface area (Å²) >= 11 is 6.69. The zero-order chi connectivity index (χ0) is 30.1. The first-order chi connectivity index (χ1) is 20.9. The predicted molar refractivity (Wildman–Crippen MR) is 164 cm³/mol. The van der Waals surface area contributed by atoms with Crippen LogP contribution in [0.15, 0.2) is 42.6 Å². The van der Waals surface area contributed by atoms with Crippen LogP contribution in [0.25, 0.3) is 11.3 Å². The maximum atomic E-state index is 13.7. The van der Waals surface area contributed by atoms with Crippen molar-refractivity contribution in [2.45, 2.75) is 50.7 Å². The van der Waals surface area contributed by atoms with Crippen LogP contribution in [0.4, 0.5) is 22.0 Å². The molecule has 12 heteroatoms. The Labute approximate surface area is 255 Å². The highest BCUT2D eigenvalue weighted by Gasteiger charge is 2.32. The second-order valence-corrected chi connectivity index (χ2v) is 12.0. The molecule has 3 saturated heterocycles. The van der Waals surface area contributed by atoms with Crippen LogP contribution in [0.3, 0.4) is 0 Å². The molecule has 10 nitrogen and oxygen atoms in total. The summed E-state index contributed by atoms with van der Waals surface area (Å²) in [6.07, 6.45) is 5.08. The number of aliphatic hydroxyl groups is 2. The monoisotopic (exact) mass is 609 g/mol. The zero-order valence-corrected chi connectivity index (χ0v) is 25.0. The maximum Gasteiger partial charge on any atom is 0.255 e. The number of pyridine rings is 1. The fourth-order valence-electron chi connectivity index (χ4n) is 6.48. The number of piperazine rings is 1. The summed E-state index contributed by atoms with van der Waals surface area (Å²) in [6.45, 7) is 5.40. The van der Waals surface area contributed by atoms with Crippen LogP contribution in [0, 0.1) is 5.82 Å². The van der Waals surface area contributed by atoms with Gasteiger partial charge in [-0.15, -0.1) is 0 Å². The molecular weight excluding hydrogens is 573 g/mol. The molecule has 0 radical (unpaired) electrons. The van der Waals surface area contributed by atoms with Gasteiger partial charge in [0.05, 0.1) is 41.6 Å². The van der Waals surface area contributed by atoms with Crippen LogP contribution in [-0.2, 0) is 0 Å². The topological polar surface area (TPSA) is 109 Å². The average molecular weight is 610 g/mol. The van der Waals surface area contributed by atoms with Crippen molar-refractivity contribution in [1.29, 1.82) is 0 Å². The Hall–Kier alpha value is -3.54. The third-order valence-corrected chi connectivity index (χ3v) is 9.10. The molecule has 3 atom stereocenters. The van der Waals surface area contributed by atoms with Gasteiger partial charge in [0.15, 0.2) is 0 Å². The van der Waals surface area contributed by atoms with Gasteiger partial charge in [0.25, 0.3) is 5.91 Å². The van der Waals surface area contributed by atoms with Gasteiger partial charge in [-0.25, -0.2) is 14.4 Å². The molecule has 1 amide bonds. The fourth-order valence-corrected chi connectivity index (χ4v) is 6.77. The van der Waals surface area contributed by atoms with Gasteiger partial charge in [-0.05, 0) is 62.9 Å². The molecule has 0 bridgehead atoms. The SMILES string of the molecule is CC1CN(c2ncc(C(=O)N3CCCC3CO)cc2Cl)CCN1c1cc(-c2ccc(F)cc2)nc(N2CCCC2CO)n1. The number of carbonyl (C=O) groups is 1. The molecule has 5 heterocycles. The molecule has 0 saturated carbocycles. The zero-order valence-electron chi connectivity index (χ0n) is 24.2. The van der Waals surface area contributed by atoms with Gasteiger partial charge >= 0.3 is 0 Å². The van der Waals surface area contributed by atoms with E-state index >= 15 is 0 Å². The number of nitrogens with zero attached hydrogens (tertiary/aromatic N) is 7. The summed E-state index contributed by atoms with van der Waals surface area (Å²) in [7, 11) is 0. The Morgan fingerprint density at radius 3 is 2.44 bits per heavy atom. The predicted octanol–water partition coefficient (Wildman–Crippen LogP) is 3.60. The van der Waals surface area contributed by atoms with Gasteiger partial charge in [0, 0.05) is 56.6 Å². The van der Waals surface area contributed by atoms with E-state index in [0.29, 0.717) is 54.2 Å². The average Bonchev–Trinajstić information content (AvgIpc) is 3.70. The molecule has 43 heavy (non-hydrogen) atoms. The van der Waals surface area contributed by atoms with E-state index in [1.807, 2.05) is 6.07 Å². The standard InChI is InChI=1S/C31H37ClFN7O3/c1-20-17-37(29-26(32)14-22(16-34-29)30(43)39-10-2-4-24(39)18-41)12-13-38(20)28-15-27(21-6-8-23(33)9-7-21)35-31(36-28)40-11-3-5-25(40)19-42/h6-9,14-16,20,24-25,41-42H,2-5,10-13,17-19H2,1H3. The van der Waals surface area contributed by atoms with Crippen LogP contribution in [0.5, 0.6) is 0 Å². The van der Waals surface area contributed by atoms with Gasteiger partial charge in [-0.1, -0.05) is 11.6 Å². The van der Waals surface area contributed by atoms with E-state index in [2.05, 4.69) is 26.6 Å². The van der Waals surface area contributed by atoms with E-state index in [0.717, 1.165) is 43.6 Å². The van der Waals surface area contributed by atoms with E-state index in [-0.39, 0.29) is 43.1 Å². The maximum absolute atomic E-state index is 13.7. The first-order valence-corrected chi connectivity index (χ1v) is 15.4. The lowest BCUT2D eigenvalue weighted by Crippen LogP contribution is -2.53. The number of aliphatic hydroxyl groups excluding tert-OH is 2. The van der Waals surface area contributed by atoms with Crippen LogP contribution in [0.1, 0.15) is 43.0 Å². The minimum Gasteiger partial charge on any atom is -0.394 e. The Morgan fingerprint density at radius 1 is 0.977 bits per heavy atom. The first kappa shape index (κ1) is 29.5. The summed E-state index contributed by atoms with van der Waals surface area (Å²) in [5.41, 5.74) is 1.91. The Morgan fingerprint density at radius 2 is 1.72 bits per heavy atom. The Bertz CT molecular complexity index is 1460. The lowest BCUT2D eigenvalue weighted by molar-refractivity contribution is 0.0677. The van der Waals surface area contributed by atoms with Crippen molar-refractivity contribution in [3.05, 3.63) is 59.0 Å². The number of carbonyl (C=O) groups excluding carboxylic acids is 1. The summed E-state index contributed by atoms with van der Waals surface area (Å²) in [5, 5.41) is 20.0. The highest BCUT2D eigenvalue weighted by Crippen LogP contribution is 2.32. The van der Waals surface area contributed by atoms with Crippen molar-refractivity contribution in [3.63, 3.8) is 0 Å². The lowest BCUT2D eigenvalue weighted by atomic mass is 10.1. The third-order valence-electron chi connectivity index (χ3n) is 8.82. The van der Waals surface area contributed by atoms with Gasteiger partial charge < -0.3 is 29.8 Å². The van der Waals surface area contributed by atoms with Gasteiger partial charge in [-0.2, -0.15) is 4.98 Å². The van der Waals surface area contributed by atoms with E-state index in [1.54, 1.807) is 29.3 Å².